The van der Waals surface area contributed by atoms with Crippen molar-refractivity contribution in [3.8, 4) is 0 Å². The molecule has 0 aliphatic heterocycles. The first-order valence-corrected chi connectivity index (χ1v) is 7.58. The molecular weight excluding hydrogens is 354 g/mol. The fourth-order valence-electron chi connectivity index (χ4n) is 1.81. The predicted octanol–water partition coefficient (Wildman–Crippen LogP) is 4.18. The number of carbonyl (C=O) groups excluding carboxylic acids is 1. The van der Waals surface area contributed by atoms with Gasteiger partial charge in [-0.3, -0.25) is 4.79 Å². The molecule has 0 heterocycles. The van der Waals surface area contributed by atoms with Crippen molar-refractivity contribution in [3.63, 3.8) is 0 Å². The highest BCUT2D eigenvalue weighted by Crippen LogP contribution is 2.31. The zero-order chi connectivity index (χ0) is 15.4. The van der Waals surface area contributed by atoms with E-state index in [0.29, 0.717) is 34.2 Å². The summed E-state index contributed by atoms with van der Waals surface area (Å²) in [6.45, 7) is 2.44. The summed E-state index contributed by atoms with van der Waals surface area (Å²) in [6, 6.07) is 10.6. The lowest BCUT2D eigenvalue weighted by Crippen LogP contribution is -2.22. The van der Waals surface area contributed by atoms with Gasteiger partial charge in [0.15, 0.2) is 0 Å². The summed E-state index contributed by atoms with van der Waals surface area (Å²) < 4.78 is 0.896. The third-order valence-corrected chi connectivity index (χ3v) is 3.67. The molecule has 0 unspecified atom stereocenters. The molecule has 1 amide bonds. The van der Waals surface area contributed by atoms with Gasteiger partial charge in [-0.05, 0) is 43.3 Å². The lowest BCUT2D eigenvalue weighted by Gasteiger charge is -2.13. The minimum Gasteiger partial charge on any atom is -0.397 e. The lowest BCUT2D eigenvalue weighted by atomic mass is 10.1. The molecule has 0 aliphatic rings. The second-order valence-electron chi connectivity index (χ2n) is 4.41. The highest BCUT2D eigenvalue weighted by molar-refractivity contribution is 9.10. The summed E-state index contributed by atoms with van der Waals surface area (Å²) in [5.41, 5.74) is 8.38. The van der Waals surface area contributed by atoms with Crippen molar-refractivity contribution in [1.29, 1.82) is 0 Å². The minimum atomic E-state index is -0.138. The standard InChI is InChI=1S/C15H15BrClN3O/c1-2-19-15(21)9-3-6-12(18)14(7-9)20-13-8-10(16)4-5-11(13)17/h3-8,20H,2,18H2,1H3,(H,19,21). The van der Waals surface area contributed by atoms with Gasteiger partial charge in [0.25, 0.3) is 5.91 Å². The number of halogens is 2. The SMILES string of the molecule is CCNC(=O)c1ccc(N)c(Nc2cc(Br)ccc2Cl)c1. The quantitative estimate of drug-likeness (QED) is 0.709. The van der Waals surface area contributed by atoms with Crippen molar-refractivity contribution in [3.05, 3.63) is 51.5 Å². The Morgan fingerprint density at radius 3 is 2.71 bits per heavy atom. The monoisotopic (exact) mass is 367 g/mol. The Labute approximate surface area is 136 Å². The van der Waals surface area contributed by atoms with Crippen LogP contribution in [0.25, 0.3) is 0 Å². The van der Waals surface area contributed by atoms with Crippen molar-refractivity contribution < 1.29 is 4.79 Å². The summed E-state index contributed by atoms with van der Waals surface area (Å²) in [7, 11) is 0. The van der Waals surface area contributed by atoms with Crippen LogP contribution in [0.3, 0.4) is 0 Å². The van der Waals surface area contributed by atoms with Crippen LogP contribution in [0, 0.1) is 0 Å². The Bertz CT molecular complexity index is 676. The number of nitrogens with one attached hydrogen (secondary N) is 2. The second kappa shape index (κ2) is 6.83. The molecule has 0 aliphatic carbocycles. The maximum atomic E-state index is 11.9. The first kappa shape index (κ1) is 15.7. The molecule has 6 heteroatoms. The van der Waals surface area contributed by atoms with Crippen LogP contribution in [0.4, 0.5) is 17.1 Å². The summed E-state index contributed by atoms with van der Waals surface area (Å²) in [6.07, 6.45) is 0. The van der Waals surface area contributed by atoms with E-state index in [9.17, 15) is 4.79 Å². The number of rotatable bonds is 4. The zero-order valence-electron chi connectivity index (χ0n) is 11.4. The lowest BCUT2D eigenvalue weighted by molar-refractivity contribution is 0.0956. The molecule has 0 saturated carbocycles. The van der Waals surface area contributed by atoms with Crippen LogP contribution in [-0.4, -0.2) is 12.5 Å². The molecule has 2 rings (SSSR count). The van der Waals surface area contributed by atoms with Gasteiger partial charge in [0.1, 0.15) is 0 Å². The number of benzene rings is 2. The molecule has 2 aromatic carbocycles. The Morgan fingerprint density at radius 2 is 2.00 bits per heavy atom. The molecule has 0 aromatic heterocycles. The molecular formula is C15H15BrClN3O. The molecule has 0 atom stereocenters. The van der Waals surface area contributed by atoms with E-state index in [1.807, 2.05) is 19.1 Å². The second-order valence-corrected chi connectivity index (χ2v) is 5.73. The fourth-order valence-corrected chi connectivity index (χ4v) is 2.33. The van der Waals surface area contributed by atoms with Gasteiger partial charge in [-0.25, -0.2) is 0 Å². The Kier molecular flexibility index (Phi) is 5.09. The van der Waals surface area contributed by atoms with Gasteiger partial charge < -0.3 is 16.4 Å². The Balaban J connectivity index is 2.33. The van der Waals surface area contributed by atoms with Crippen molar-refractivity contribution in [2.45, 2.75) is 6.92 Å². The summed E-state index contributed by atoms with van der Waals surface area (Å²) in [5.74, 6) is -0.138. The highest BCUT2D eigenvalue weighted by Gasteiger charge is 2.09. The Morgan fingerprint density at radius 1 is 1.24 bits per heavy atom. The molecule has 0 spiro atoms. The molecule has 0 fully saturated rings. The van der Waals surface area contributed by atoms with Crippen molar-refractivity contribution >= 4 is 50.5 Å². The van der Waals surface area contributed by atoms with Crippen molar-refractivity contribution in [2.75, 3.05) is 17.6 Å². The summed E-state index contributed by atoms with van der Waals surface area (Å²) in [4.78, 5) is 11.9. The molecule has 0 radical (unpaired) electrons. The zero-order valence-corrected chi connectivity index (χ0v) is 13.8. The van der Waals surface area contributed by atoms with Gasteiger partial charge in [-0.2, -0.15) is 0 Å². The van der Waals surface area contributed by atoms with Crippen molar-refractivity contribution in [1.82, 2.24) is 5.32 Å². The number of anilines is 3. The Hall–Kier alpha value is -1.72. The first-order chi connectivity index (χ1) is 10.0. The van der Waals surface area contributed by atoms with Gasteiger partial charge in [0.05, 0.1) is 22.1 Å². The number of nitrogen functional groups attached to an aromatic ring is 1. The van der Waals surface area contributed by atoms with E-state index in [0.717, 1.165) is 4.47 Å². The van der Waals surface area contributed by atoms with Gasteiger partial charge in [0.2, 0.25) is 0 Å². The number of carbonyl (C=O) groups is 1. The third-order valence-electron chi connectivity index (χ3n) is 2.85. The summed E-state index contributed by atoms with van der Waals surface area (Å²) >= 11 is 9.54. The van der Waals surface area contributed by atoms with Gasteiger partial charge in [-0.15, -0.1) is 0 Å². The van der Waals surface area contributed by atoms with Crippen LogP contribution in [0.2, 0.25) is 5.02 Å². The van der Waals surface area contributed by atoms with Crippen molar-refractivity contribution in [2.24, 2.45) is 0 Å². The molecule has 4 N–H and O–H groups in total. The fraction of sp³-hybridized carbons (Fsp3) is 0.133. The van der Waals surface area contributed by atoms with Crippen LogP contribution >= 0.6 is 27.5 Å². The summed E-state index contributed by atoms with van der Waals surface area (Å²) in [5, 5.41) is 6.47. The molecule has 0 bridgehead atoms. The number of nitrogens with two attached hydrogens (primary N) is 1. The van der Waals surface area contributed by atoms with Crippen LogP contribution in [0.5, 0.6) is 0 Å². The normalized spacial score (nSPS) is 10.2. The highest BCUT2D eigenvalue weighted by atomic mass is 79.9. The van der Waals surface area contributed by atoms with Crippen LogP contribution in [0.15, 0.2) is 40.9 Å². The molecule has 110 valence electrons. The van der Waals surface area contributed by atoms with E-state index in [1.54, 1.807) is 24.3 Å². The van der Waals surface area contributed by atoms with E-state index in [-0.39, 0.29) is 5.91 Å². The van der Waals surface area contributed by atoms with Gasteiger partial charge >= 0.3 is 0 Å². The van der Waals surface area contributed by atoms with E-state index in [4.69, 9.17) is 17.3 Å². The van der Waals surface area contributed by atoms with Crippen LogP contribution < -0.4 is 16.4 Å². The average molecular weight is 369 g/mol. The van der Waals surface area contributed by atoms with E-state index < -0.39 is 0 Å². The number of hydrogen-bond donors (Lipinski definition) is 3. The number of hydrogen-bond acceptors (Lipinski definition) is 3. The maximum Gasteiger partial charge on any atom is 0.251 e. The topological polar surface area (TPSA) is 67.2 Å². The largest absolute Gasteiger partial charge is 0.397 e. The molecule has 0 saturated heterocycles. The third kappa shape index (κ3) is 3.89. The van der Waals surface area contributed by atoms with E-state index in [2.05, 4.69) is 26.6 Å². The predicted molar refractivity (Wildman–Crippen MR) is 91.3 cm³/mol. The van der Waals surface area contributed by atoms with E-state index in [1.165, 1.54) is 0 Å². The van der Waals surface area contributed by atoms with Crippen LogP contribution in [0.1, 0.15) is 17.3 Å². The van der Waals surface area contributed by atoms with Gasteiger partial charge in [-0.1, -0.05) is 27.5 Å². The smallest absolute Gasteiger partial charge is 0.251 e. The molecule has 21 heavy (non-hydrogen) atoms. The molecule has 2 aromatic rings. The molecule has 4 nitrogen and oxygen atoms in total. The van der Waals surface area contributed by atoms with Crippen LogP contribution in [-0.2, 0) is 0 Å². The number of amides is 1. The minimum absolute atomic E-state index is 0.138. The first-order valence-electron chi connectivity index (χ1n) is 6.41. The van der Waals surface area contributed by atoms with Gasteiger partial charge in [0, 0.05) is 16.6 Å². The van der Waals surface area contributed by atoms with E-state index >= 15 is 0 Å². The maximum absolute atomic E-state index is 11.9. The average Bonchev–Trinajstić information content (AvgIpc) is 2.45.